The first-order valence-electron chi connectivity index (χ1n) is 9.14. The topological polar surface area (TPSA) is 58.6 Å². The second-order valence-corrected chi connectivity index (χ2v) is 6.78. The van der Waals surface area contributed by atoms with Gasteiger partial charge in [-0.3, -0.25) is 9.59 Å². The second-order valence-electron chi connectivity index (χ2n) is 6.78. The van der Waals surface area contributed by atoms with Crippen LogP contribution in [0.15, 0.2) is 42.5 Å². The number of nitrogens with one attached hydrogen (secondary N) is 1. The molecule has 0 aliphatic heterocycles. The molecule has 0 heterocycles. The van der Waals surface area contributed by atoms with Gasteiger partial charge in [-0.25, -0.2) is 0 Å². The number of amides is 2. The molecule has 0 aliphatic carbocycles. The van der Waals surface area contributed by atoms with E-state index in [1.807, 2.05) is 50.2 Å². The molecule has 0 aliphatic rings. The van der Waals surface area contributed by atoms with Gasteiger partial charge in [0, 0.05) is 32.1 Å². The Morgan fingerprint density at radius 2 is 1.63 bits per heavy atom. The maximum absolute atomic E-state index is 12.2. The van der Waals surface area contributed by atoms with Gasteiger partial charge in [0.05, 0.1) is 7.11 Å². The molecular weight excluding hydrogens is 340 g/mol. The van der Waals surface area contributed by atoms with Gasteiger partial charge < -0.3 is 15.0 Å². The molecule has 144 valence electrons. The van der Waals surface area contributed by atoms with Crippen LogP contribution >= 0.6 is 0 Å². The lowest BCUT2D eigenvalue weighted by Gasteiger charge is -2.21. The van der Waals surface area contributed by atoms with Gasteiger partial charge >= 0.3 is 0 Å². The van der Waals surface area contributed by atoms with E-state index in [4.69, 9.17) is 4.74 Å². The smallest absolute Gasteiger partial charge is 0.226 e. The minimum absolute atomic E-state index is 0.0253. The highest BCUT2D eigenvalue weighted by Gasteiger charge is 2.12. The van der Waals surface area contributed by atoms with Gasteiger partial charge in [0.2, 0.25) is 11.8 Å². The predicted octanol–water partition coefficient (Wildman–Crippen LogP) is 3.73. The van der Waals surface area contributed by atoms with Crippen LogP contribution in [0.4, 0.5) is 5.69 Å². The number of rotatable bonds is 8. The zero-order valence-corrected chi connectivity index (χ0v) is 16.5. The van der Waals surface area contributed by atoms with Crippen LogP contribution in [-0.4, -0.2) is 36.9 Å². The van der Waals surface area contributed by atoms with E-state index in [-0.39, 0.29) is 18.2 Å². The third-order valence-electron chi connectivity index (χ3n) is 4.39. The first-order chi connectivity index (χ1) is 12.9. The van der Waals surface area contributed by atoms with Crippen molar-refractivity contribution in [2.75, 3.05) is 25.5 Å². The molecule has 2 aromatic carbocycles. The number of hydrogen-bond acceptors (Lipinski definition) is 3. The van der Waals surface area contributed by atoms with Crippen molar-refractivity contribution >= 4 is 17.5 Å². The first-order valence-corrected chi connectivity index (χ1v) is 9.14. The minimum Gasteiger partial charge on any atom is -0.497 e. The number of carbonyl (C=O) groups excluding carboxylic acids is 2. The van der Waals surface area contributed by atoms with Crippen molar-refractivity contribution in [3.8, 4) is 5.75 Å². The first kappa shape index (κ1) is 20.5. The van der Waals surface area contributed by atoms with Gasteiger partial charge in [-0.2, -0.15) is 0 Å². The molecule has 2 aromatic rings. The molecule has 0 atom stereocenters. The summed E-state index contributed by atoms with van der Waals surface area (Å²) >= 11 is 0. The quantitative estimate of drug-likeness (QED) is 0.772. The summed E-state index contributed by atoms with van der Waals surface area (Å²) in [6, 6.07) is 13.7. The number of ether oxygens (including phenoxy) is 1. The molecule has 2 rings (SSSR count). The molecule has 0 bridgehead atoms. The highest BCUT2D eigenvalue weighted by atomic mass is 16.5. The Bertz CT molecular complexity index is 764. The van der Waals surface area contributed by atoms with Crippen molar-refractivity contribution in [2.45, 2.75) is 33.6 Å². The Morgan fingerprint density at radius 3 is 2.19 bits per heavy atom. The fourth-order valence-corrected chi connectivity index (χ4v) is 2.99. The van der Waals surface area contributed by atoms with Gasteiger partial charge in [-0.1, -0.05) is 18.2 Å². The Labute approximate surface area is 161 Å². The molecule has 0 saturated heterocycles. The Balaban J connectivity index is 1.85. The molecule has 5 heteroatoms. The fraction of sp³-hybridized carbons (Fsp3) is 0.364. The summed E-state index contributed by atoms with van der Waals surface area (Å²) in [5, 5.41) is 2.91. The van der Waals surface area contributed by atoms with Crippen LogP contribution in [0.1, 0.15) is 30.0 Å². The molecule has 2 amide bonds. The van der Waals surface area contributed by atoms with E-state index in [2.05, 4.69) is 11.4 Å². The van der Waals surface area contributed by atoms with Crippen LogP contribution in [0.3, 0.4) is 0 Å². The Hall–Kier alpha value is -2.82. The standard InChI is InChI=1S/C22H28N2O3/c1-16-13-17(2)15-20(14-16)23-22(26)10-12-24(18(3)25)11-9-19-5-7-21(27-4)8-6-19/h5-8,13-15H,9-12H2,1-4H3,(H,23,26). The SMILES string of the molecule is COc1ccc(CCN(CCC(=O)Nc2cc(C)cc(C)c2)C(C)=O)cc1. The van der Waals surface area contributed by atoms with Gasteiger partial charge in [0.15, 0.2) is 0 Å². The van der Waals surface area contributed by atoms with Crippen LogP contribution < -0.4 is 10.1 Å². The number of carbonyl (C=O) groups is 2. The summed E-state index contributed by atoms with van der Waals surface area (Å²) < 4.78 is 5.15. The van der Waals surface area contributed by atoms with E-state index in [1.54, 1.807) is 12.0 Å². The van der Waals surface area contributed by atoms with Crippen LogP contribution in [0.25, 0.3) is 0 Å². The lowest BCUT2D eigenvalue weighted by Crippen LogP contribution is -2.33. The van der Waals surface area contributed by atoms with Crippen LogP contribution in [-0.2, 0) is 16.0 Å². The molecule has 0 saturated carbocycles. The normalized spacial score (nSPS) is 10.4. The molecule has 1 N–H and O–H groups in total. The van der Waals surface area contributed by atoms with Crippen molar-refractivity contribution < 1.29 is 14.3 Å². The average Bonchev–Trinajstić information content (AvgIpc) is 2.61. The second kappa shape index (κ2) is 9.76. The van der Waals surface area contributed by atoms with E-state index in [0.717, 1.165) is 34.5 Å². The molecular formula is C22H28N2O3. The van der Waals surface area contributed by atoms with Crippen molar-refractivity contribution in [3.05, 3.63) is 59.2 Å². The highest BCUT2D eigenvalue weighted by molar-refractivity contribution is 5.91. The number of aryl methyl sites for hydroxylation is 2. The molecule has 0 aromatic heterocycles. The molecule has 0 fully saturated rings. The van der Waals surface area contributed by atoms with Gasteiger partial charge in [-0.15, -0.1) is 0 Å². The summed E-state index contributed by atoms with van der Waals surface area (Å²) in [6.45, 7) is 6.52. The maximum Gasteiger partial charge on any atom is 0.226 e. The third-order valence-corrected chi connectivity index (χ3v) is 4.39. The monoisotopic (exact) mass is 368 g/mol. The minimum atomic E-state index is -0.0873. The lowest BCUT2D eigenvalue weighted by molar-refractivity contribution is -0.129. The number of benzene rings is 2. The van der Waals surface area contributed by atoms with Gasteiger partial charge in [0.25, 0.3) is 0 Å². The summed E-state index contributed by atoms with van der Waals surface area (Å²) in [5.74, 6) is 0.698. The van der Waals surface area contributed by atoms with E-state index in [1.165, 1.54) is 6.92 Å². The maximum atomic E-state index is 12.2. The highest BCUT2D eigenvalue weighted by Crippen LogP contribution is 2.14. The van der Waals surface area contributed by atoms with E-state index >= 15 is 0 Å². The zero-order chi connectivity index (χ0) is 19.8. The number of anilines is 1. The van der Waals surface area contributed by atoms with Crippen molar-refractivity contribution in [1.29, 1.82) is 0 Å². The lowest BCUT2D eigenvalue weighted by atomic mass is 10.1. The van der Waals surface area contributed by atoms with Crippen LogP contribution in [0, 0.1) is 13.8 Å². The summed E-state index contributed by atoms with van der Waals surface area (Å²) in [6.07, 6.45) is 1.01. The van der Waals surface area contributed by atoms with E-state index in [0.29, 0.717) is 13.1 Å². The number of nitrogens with zero attached hydrogens (tertiary/aromatic N) is 1. The molecule has 27 heavy (non-hydrogen) atoms. The van der Waals surface area contributed by atoms with E-state index in [9.17, 15) is 9.59 Å². The fourth-order valence-electron chi connectivity index (χ4n) is 2.99. The average molecular weight is 368 g/mol. The molecule has 0 unspecified atom stereocenters. The third kappa shape index (κ3) is 6.77. The molecule has 5 nitrogen and oxygen atoms in total. The van der Waals surface area contributed by atoms with Crippen LogP contribution in [0.5, 0.6) is 5.75 Å². The zero-order valence-electron chi connectivity index (χ0n) is 16.5. The van der Waals surface area contributed by atoms with Crippen molar-refractivity contribution in [1.82, 2.24) is 4.90 Å². The number of hydrogen-bond donors (Lipinski definition) is 1. The van der Waals surface area contributed by atoms with Crippen molar-refractivity contribution in [3.63, 3.8) is 0 Å². The summed E-state index contributed by atoms with van der Waals surface area (Å²) in [4.78, 5) is 25.9. The number of methoxy groups -OCH3 is 1. The molecule has 0 spiro atoms. The summed E-state index contributed by atoms with van der Waals surface area (Å²) in [7, 11) is 1.63. The Morgan fingerprint density at radius 1 is 1.00 bits per heavy atom. The van der Waals surface area contributed by atoms with Gasteiger partial charge in [-0.05, 0) is 61.2 Å². The largest absolute Gasteiger partial charge is 0.497 e. The van der Waals surface area contributed by atoms with Crippen molar-refractivity contribution in [2.24, 2.45) is 0 Å². The summed E-state index contributed by atoms with van der Waals surface area (Å²) in [5.41, 5.74) is 4.14. The Kier molecular flexibility index (Phi) is 7.41. The predicted molar refractivity (Wildman–Crippen MR) is 108 cm³/mol. The molecule has 0 radical (unpaired) electrons. The van der Waals surface area contributed by atoms with Gasteiger partial charge in [0.1, 0.15) is 5.75 Å². The van der Waals surface area contributed by atoms with E-state index < -0.39 is 0 Å². The van der Waals surface area contributed by atoms with Crippen LogP contribution in [0.2, 0.25) is 0 Å².